The topological polar surface area (TPSA) is 38.8 Å². The first-order valence-electron chi connectivity index (χ1n) is 8.88. The second kappa shape index (κ2) is 6.62. The van der Waals surface area contributed by atoms with Gasteiger partial charge < -0.3 is 9.47 Å². The Balaban J connectivity index is 1.37. The summed E-state index contributed by atoms with van der Waals surface area (Å²) in [5.74, 6) is 1.97. The number of hydrogen-bond donors (Lipinski definition) is 0. The van der Waals surface area contributed by atoms with Crippen molar-refractivity contribution in [2.24, 2.45) is 11.8 Å². The summed E-state index contributed by atoms with van der Waals surface area (Å²) in [6, 6.07) is 6.41. The fraction of sp³-hybridized carbons (Fsp3) is 0.632. The third kappa shape index (κ3) is 3.29. The van der Waals surface area contributed by atoms with E-state index in [-0.39, 0.29) is 11.8 Å². The monoisotopic (exact) mass is 315 g/mol. The van der Waals surface area contributed by atoms with Crippen LogP contribution in [0.5, 0.6) is 5.75 Å². The van der Waals surface area contributed by atoms with E-state index in [4.69, 9.17) is 9.47 Å². The Morgan fingerprint density at radius 3 is 2.61 bits per heavy atom. The van der Waals surface area contributed by atoms with E-state index in [9.17, 15) is 4.79 Å². The summed E-state index contributed by atoms with van der Waals surface area (Å²) in [4.78, 5) is 14.6. The summed E-state index contributed by atoms with van der Waals surface area (Å²) < 4.78 is 11.3. The van der Waals surface area contributed by atoms with E-state index in [1.165, 1.54) is 11.1 Å². The van der Waals surface area contributed by atoms with Gasteiger partial charge >= 0.3 is 0 Å². The maximum absolute atomic E-state index is 12.3. The Morgan fingerprint density at radius 1 is 1.09 bits per heavy atom. The minimum atomic E-state index is 0.254. The Bertz CT molecular complexity index is 580. The maximum Gasteiger partial charge on any atom is 0.139 e. The zero-order valence-corrected chi connectivity index (χ0v) is 13.6. The molecule has 4 nitrogen and oxygen atoms in total. The first kappa shape index (κ1) is 15.2. The Kier molecular flexibility index (Phi) is 4.36. The molecule has 1 saturated carbocycles. The molecule has 2 fully saturated rings. The number of hydrogen-bond acceptors (Lipinski definition) is 4. The van der Waals surface area contributed by atoms with Crippen LogP contribution in [0.1, 0.15) is 24.0 Å². The molecule has 3 aliphatic rings. The van der Waals surface area contributed by atoms with E-state index in [1.807, 2.05) is 0 Å². The summed E-state index contributed by atoms with van der Waals surface area (Å²) in [7, 11) is 0. The van der Waals surface area contributed by atoms with Crippen LogP contribution in [0, 0.1) is 11.8 Å². The van der Waals surface area contributed by atoms with Gasteiger partial charge in [0.15, 0.2) is 0 Å². The van der Waals surface area contributed by atoms with Gasteiger partial charge in [-0.3, -0.25) is 9.69 Å². The number of carbonyl (C=O) groups excluding carboxylic acids is 1. The fourth-order valence-corrected chi connectivity index (χ4v) is 4.16. The summed E-state index contributed by atoms with van der Waals surface area (Å²) >= 11 is 0. The highest BCUT2D eigenvalue weighted by atomic mass is 16.5. The minimum absolute atomic E-state index is 0.254. The van der Waals surface area contributed by atoms with Crippen LogP contribution in [0.15, 0.2) is 18.2 Å². The van der Waals surface area contributed by atoms with Crippen LogP contribution in [-0.2, 0) is 22.4 Å². The molecule has 1 aromatic rings. The highest BCUT2D eigenvalue weighted by Crippen LogP contribution is 2.38. The van der Waals surface area contributed by atoms with Gasteiger partial charge in [0.2, 0.25) is 0 Å². The van der Waals surface area contributed by atoms with E-state index in [0.29, 0.717) is 12.4 Å². The van der Waals surface area contributed by atoms with Gasteiger partial charge in [-0.15, -0.1) is 0 Å². The van der Waals surface area contributed by atoms with Crippen LogP contribution in [0.2, 0.25) is 0 Å². The molecule has 4 rings (SSSR count). The standard InChI is InChI=1S/C19H25NO3/c21-19-15-1-2-16(19)12-17-13-18(4-3-14(17)11-15)23-10-7-20-5-8-22-9-6-20/h3-4,13,15-16H,1-2,5-12H2. The second-order valence-electron chi connectivity index (χ2n) is 7.01. The molecule has 0 spiro atoms. The molecule has 2 bridgehead atoms. The summed E-state index contributed by atoms with van der Waals surface area (Å²) in [6.45, 7) is 5.32. The van der Waals surface area contributed by atoms with Crippen LogP contribution in [-0.4, -0.2) is 50.1 Å². The van der Waals surface area contributed by atoms with Gasteiger partial charge in [-0.1, -0.05) is 6.07 Å². The van der Waals surface area contributed by atoms with Crippen molar-refractivity contribution in [3.05, 3.63) is 29.3 Å². The van der Waals surface area contributed by atoms with Gasteiger partial charge in [0, 0.05) is 31.5 Å². The maximum atomic E-state index is 12.3. The van der Waals surface area contributed by atoms with Crippen molar-refractivity contribution in [2.75, 3.05) is 39.5 Å². The van der Waals surface area contributed by atoms with Crippen molar-refractivity contribution >= 4 is 5.78 Å². The number of morpholine rings is 1. The third-order valence-electron chi connectivity index (χ3n) is 5.56. The molecular formula is C19H25NO3. The smallest absolute Gasteiger partial charge is 0.139 e. The number of benzene rings is 1. The van der Waals surface area contributed by atoms with Crippen molar-refractivity contribution in [1.29, 1.82) is 0 Å². The minimum Gasteiger partial charge on any atom is -0.492 e. The van der Waals surface area contributed by atoms with E-state index < -0.39 is 0 Å². The Morgan fingerprint density at radius 2 is 1.83 bits per heavy atom. The van der Waals surface area contributed by atoms with Crippen LogP contribution < -0.4 is 4.74 Å². The van der Waals surface area contributed by atoms with Gasteiger partial charge in [0.05, 0.1) is 13.2 Å². The van der Waals surface area contributed by atoms with Gasteiger partial charge in [-0.2, -0.15) is 0 Å². The molecule has 2 atom stereocenters. The predicted molar refractivity (Wildman–Crippen MR) is 87.8 cm³/mol. The summed E-state index contributed by atoms with van der Waals surface area (Å²) in [6.07, 6.45) is 4.00. The number of Topliss-reactive ketones (excluding diaryl/α,β-unsaturated/α-hetero) is 1. The molecule has 0 N–H and O–H groups in total. The number of nitrogens with zero attached hydrogens (tertiary/aromatic N) is 1. The van der Waals surface area contributed by atoms with Gasteiger partial charge in [-0.25, -0.2) is 0 Å². The Labute approximate surface area is 137 Å². The van der Waals surface area contributed by atoms with Crippen LogP contribution in [0.3, 0.4) is 0 Å². The highest BCUT2D eigenvalue weighted by Gasteiger charge is 2.37. The number of fused-ring (bicyclic) bond motifs is 3. The molecule has 2 unspecified atom stereocenters. The normalized spacial score (nSPS) is 27.6. The van der Waals surface area contributed by atoms with E-state index >= 15 is 0 Å². The lowest BCUT2D eigenvalue weighted by Crippen LogP contribution is -2.38. The van der Waals surface area contributed by atoms with E-state index in [2.05, 4.69) is 23.1 Å². The number of rotatable bonds is 4. The van der Waals surface area contributed by atoms with E-state index in [1.54, 1.807) is 0 Å². The van der Waals surface area contributed by atoms with Crippen molar-refractivity contribution < 1.29 is 14.3 Å². The molecule has 1 saturated heterocycles. The molecule has 2 aliphatic carbocycles. The highest BCUT2D eigenvalue weighted by molar-refractivity contribution is 5.86. The van der Waals surface area contributed by atoms with Crippen molar-refractivity contribution in [3.63, 3.8) is 0 Å². The van der Waals surface area contributed by atoms with E-state index in [0.717, 1.165) is 64.3 Å². The van der Waals surface area contributed by atoms with Crippen molar-refractivity contribution in [1.82, 2.24) is 4.90 Å². The largest absolute Gasteiger partial charge is 0.492 e. The molecule has 0 radical (unpaired) electrons. The van der Waals surface area contributed by atoms with Crippen molar-refractivity contribution in [2.45, 2.75) is 25.7 Å². The van der Waals surface area contributed by atoms with Gasteiger partial charge in [-0.05, 0) is 48.9 Å². The number of ether oxygens (including phenoxy) is 2. The molecule has 23 heavy (non-hydrogen) atoms. The molecule has 1 heterocycles. The fourth-order valence-electron chi connectivity index (χ4n) is 4.16. The SMILES string of the molecule is O=C1C2CCC1Cc1cc(OCCN3CCOCC3)ccc1C2. The molecule has 124 valence electrons. The lowest BCUT2D eigenvalue weighted by atomic mass is 9.93. The molecule has 0 amide bonds. The number of carbonyl (C=O) groups is 1. The molecular weight excluding hydrogens is 290 g/mol. The predicted octanol–water partition coefficient (Wildman–Crippen LogP) is 2.09. The molecule has 1 aliphatic heterocycles. The zero-order chi connectivity index (χ0) is 15.6. The zero-order valence-electron chi connectivity index (χ0n) is 13.6. The third-order valence-corrected chi connectivity index (χ3v) is 5.56. The molecule has 4 heteroatoms. The lowest BCUT2D eigenvalue weighted by molar-refractivity contribution is -0.123. The second-order valence-corrected chi connectivity index (χ2v) is 7.01. The molecule has 1 aromatic carbocycles. The summed E-state index contributed by atoms with van der Waals surface area (Å²) in [5.41, 5.74) is 2.68. The lowest BCUT2D eigenvalue weighted by Gasteiger charge is -2.26. The first-order valence-corrected chi connectivity index (χ1v) is 8.88. The summed E-state index contributed by atoms with van der Waals surface area (Å²) in [5, 5.41) is 0. The van der Waals surface area contributed by atoms with Gasteiger partial charge in [0.1, 0.15) is 18.1 Å². The average molecular weight is 315 g/mol. The van der Waals surface area contributed by atoms with Crippen molar-refractivity contribution in [3.8, 4) is 5.75 Å². The first-order chi connectivity index (χ1) is 11.3. The van der Waals surface area contributed by atoms with Crippen LogP contribution in [0.25, 0.3) is 0 Å². The quantitative estimate of drug-likeness (QED) is 0.853. The number of ketones is 1. The molecule has 0 aromatic heterocycles. The Hall–Kier alpha value is -1.39. The average Bonchev–Trinajstić information content (AvgIpc) is 2.83. The van der Waals surface area contributed by atoms with Gasteiger partial charge in [0.25, 0.3) is 0 Å². The van der Waals surface area contributed by atoms with Crippen LogP contribution >= 0.6 is 0 Å². The van der Waals surface area contributed by atoms with Crippen LogP contribution in [0.4, 0.5) is 0 Å².